The minimum Gasteiger partial charge on any atom is -0.493 e. The van der Waals surface area contributed by atoms with Gasteiger partial charge in [-0.15, -0.1) is 0 Å². The summed E-state index contributed by atoms with van der Waals surface area (Å²) in [5.74, 6) is -0.115. The third-order valence-electron chi connectivity index (χ3n) is 4.10. The Bertz CT molecular complexity index is 961. The largest absolute Gasteiger partial charge is 0.493 e. The fourth-order valence-electron chi connectivity index (χ4n) is 2.77. The fourth-order valence-corrected chi connectivity index (χ4v) is 2.77. The van der Waals surface area contributed by atoms with Crippen molar-refractivity contribution >= 4 is 5.91 Å². The first kappa shape index (κ1) is 19.4. The smallest absolute Gasteiger partial charge is 0.221 e. The van der Waals surface area contributed by atoms with Crippen molar-refractivity contribution < 1.29 is 18.7 Å². The van der Waals surface area contributed by atoms with Crippen LogP contribution in [0.25, 0.3) is 11.1 Å². The van der Waals surface area contributed by atoms with Crippen LogP contribution in [0.4, 0.5) is 4.39 Å². The number of hydrogen-bond acceptors (Lipinski definition) is 4. The number of ether oxygens (including phenoxy) is 2. The lowest BCUT2D eigenvalue weighted by molar-refractivity contribution is -0.117. The summed E-state index contributed by atoms with van der Waals surface area (Å²) in [4.78, 5) is 15.3. The standard InChI is InChI=1S/C22H21FN2O3/c1-2-27-20-12-22(28-14-15-6-4-3-5-7-15)25-13-18(20)16-8-9-17(11-21(24)26)19(23)10-16/h3-10,12-13H,2,11,14H2,1H3,(H2,24,26). The maximum absolute atomic E-state index is 14.3. The first-order valence-corrected chi connectivity index (χ1v) is 8.93. The molecule has 0 atom stereocenters. The summed E-state index contributed by atoms with van der Waals surface area (Å²) in [7, 11) is 0. The molecule has 0 bridgehead atoms. The van der Waals surface area contributed by atoms with Crippen molar-refractivity contribution in [2.24, 2.45) is 5.73 Å². The zero-order chi connectivity index (χ0) is 19.9. The number of benzene rings is 2. The number of pyridine rings is 1. The van der Waals surface area contributed by atoms with E-state index in [0.29, 0.717) is 36.0 Å². The van der Waals surface area contributed by atoms with E-state index in [0.717, 1.165) is 5.56 Å². The highest BCUT2D eigenvalue weighted by molar-refractivity contribution is 5.77. The molecular formula is C22H21FN2O3. The summed E-state index contributed by atoms with van der Waals surface area (Å²) >= 11 is 0. The van der Waals surface area contributed by atoms with Crippen LogP contribution in [-0.4, -0.2) is 17.5 Å². The van der Waals surface area contributed by atoms with E-state index >= 15 is 0 Å². The highest BCUT2D eigenvalue weighted by Gasteiger charge is 2.13. The Morgan fingerprint density at radius 2 is 1.89 bits per heavy atom. The third-order valence-corrected chi connectivity index (χ3v) is 4.10. The topological polar surface area (TPSA) is 74.4 Å². The van der Waals surface area contributed by atoms with Crippen molar-refractivity contribution in [1.29, 1.82) is 0 Å². The molecule has 5 nitrogen and oxygen atoms in total. The lowest BCUT2D eigenvalue weighted by Crippen LogP contribution is -2.14. The third kappa shape index (κ3) is 4.85. The van der Waals surface area contributed by atoms with Gasteiger partial charge in [-0.05, 0) is 29.7 Å². The van der Waals surface area contributed by atoms with E-state index in [-0.39, 0.29) is 12.0 Å². The summed E-state index contributed by atoms with van der Waals surface area (Å²) in [6, 6.07) is 16.1. The molecule has 0 unspecified atom stereocenters. The van der Waals surface area contributed by atoms with E-state index < -0.39 is 11.7 Å². The van der Waals surface area contributed by atoms with Crippen molar-refractivity contribution in [1.82, 2.24) is 4.98 Å². The maximum Gasteiger partial charge on any atom is 0.221 e. The van der Waals surface area contributed by atoms with Gasteiger partial charge in [0.15, 0.2) is 0 Å². The predicted octanol–water partition coefficient (Wildman–Crippen LogP) is 3.89. The molecule has 2 aromatic carbocycles. The number of halogens is 1. The van der Waals surface area contributed by atoms with Gasteiger partial charge in [-0.25, -0.2) is 9.37 Å². The summed E-state index contributed by atoms with van der Waals surface area (Å²) in [5.41, 5.74) is 7.66. The number of nitrogens with two attached hydrogens (primary N) is 1. The molecule has 0 saturated carbocycles. The lowest BCUT2D eigenvalue weighted by Gasteiger charge is -2.13. The lowest BCUT2D eigenvalue weighted by atomic mass is 10.0. The van der Waals surface area contributed by atoms with Gasteiger partial charge in [0.25, 0.3) is 0 Å². The van der Waals surface area contributed by atoms with Crippen molar-refractivity contribution in [3.8, 4) is 22.8 Å². The molecule has 0 spiro atoms. The van der Waals surface area contributed by atoms with Crippen LogP contribution in [0.5, 0.6) is 11.6 Å². The zero-order valence-corrected chi connectivity index (χ0v) is 15.5. The highest BCUT2D eigenvalue weighted by atomic mass is 19.1. The number of rotatable bonds is 8. The molecular weight excluding hydrogens is 359 g/mol. The van der Waals surface area contributed by atoms with Crippen LogP contribution in [0.2, 0.25) is 0 Å². The van der Waals surface area contributed by atoms with Gasteiger partial charge in [-0.1, -0.05) is 42.5 Å². The Morgan fingerprint density at radius 3 is 2.57 bits per heavy atom. The Labute approximate surface area is 162 Å². The predicted molar refractivity (Wildman–Crippen MR) is 104 cm³/mol. The molecule has 6 heteroatoms. The van der Waals surface area contributed by atoms with Gasteiger partial charge in [0.05, 0.1) is 13.0 Å². The van der Waals surface area contributed by atoms with Crippen molar-refractivity contribution in [2.45, 2.75) is 20.0 Å². The number of nitrogens with zero attached hydrogens (tertiary/aromatic N) is 1. The van der Waals surface area contributed by atoms with Crippen LogP contribution < -0.4 is 15.2 Å². The molecule has 3 rings (SSSR count). The first-order valence-electron chi connectivity index (χ1n) is 8.93. The Morgan fingerprint density at radius 1 is 1.11 bits per heavy atom. The zero-order valence-electron chi connectivity index (χ0n) is 15.5. The Hall–Kier alpha value is -3.41. The average Bonchev–Trinajstić information content (AvgIpc) is 2.69. The quantitative estimate of drug-likeness (QED) is 0.643. The molecule has 0 aliphatic heterocycles. The molecule has 1 amide bonds. The monoisotopic (exact) mass is 380 g/mol. The SMILES string of the molecule is CCOc1cc(OCc2ccccc2)ncc1-c1ccc(CC(N)=O)c(F)c1. The fraction of sp³-hybridized carbons (Fsp3) is 0.182. The highest BCUT2D eigenvalue weighted by Crippen LogP contribution is 2.33. The summed E-state index contributed by atoms with van der Waals surface area (Å²) in [6.07, 6.45) is 1.45. The van der Waals surface area contributed by atoms with Gasteiger partial charge in [0.2, 0.25) is 11.8 Å². The van der Waals surface area contributed by atoms with E-state index in [4.69, 9.17) is 15.2 Å². The molecule has 0 aliphatic rings. The normalized spacial score (nSPS) is 10.5. The van der Waals surface area contributed by atoms with E-state index in [1.54, 1.807) is 24.4 Å². The van der Waals surface area contributed by atoms with Crippen LogP contribution in [-0.2, 0) is 17.8 Å². The summed E-state index contributed by atoms with van der Waals surface area (Å²) in [5, 5.41) is 0. The second kappa shape index (κ2) is 8.99. The summed E-state index contributed by atoms with van der Waals surface area (Å²) < 4.78 is 25.7. The van der Waals surface area contributed by atoms with Crippen LogP contribution in [0.15, 0.2) is 60.8 Å². The molecule has 3 aromatic rings. The van der Waals surface area contributed by atoms with Gasteiger partial charge in [-0.3, -0.25) is 4.79 Å². The number of hydrogen-bond donors (Lipinski definition) is 1. The van der Waals surface area contributed by atoms with Crippen LogP contribution in [0, 0.1) is 5.82 Å². The van der Waals surface area contributed by atoms with E-state index in [9.17, 15) is 9.18 Å². The van der Waals surface area contributed by atoms with Crippen molar-refractivity contribution in [3.05, 3.63) is 77.7 Å². The molecule has 2 N–H and O–H groups in total. The number of aromatic nitrogens is 1. The molecule has 0 fully saturated rings. The second-order valence-corrected chi connectivity index (χ2v) is 6.18. The van der Waals surface area contributed by atoms with E-state index in [1.165, 1.54) is 6.07 Å². The number of carbonyl (C=O) groups excluding carboxylic acids is 1. The maximum atomic E-state index is 14.3. The molecule has 0 radical (unpaired) electrons. The second-order valence-electron chi connectivity index (χ2n) is 6.18. The van der Waals surface area contributed by atoms with Gasteiger partial charge in [0, 0.05) is 17.8 Å². The number of amides is 1. The Kier molecular flexibility index (Phi) is 6.22. The van der Waals surface area contributed by atoms with Crippen LogP contribution >= 0.6 is 0 Å². The van der Waals surface area contributed by atoms with Gasteiger partial charge < -0.3 is 15.2 Å². The van der Waals surface area contributed by atoms with Gasteiger partial charge >= 0.3 is 0 Å². The molecule has 0 aliphatic carbocycles. The van der Waals surface area contributed by atoms with Crippen molar-refractivity contribution in [3.63, 3.8) is 0 Å². The minimum atomic E-state index is -0.580. The van der Waals surface area contributed by atoms with Crippen molar-refractivity contribution in [2.75, 3.05) is 6.61 Å². The van der Waals surface area contributed by atoms with E-state index in [1.807, 2.05) is 37.3 Å². The van der Waals surface area contributed by atoms with Gasteiger partial charge in [-0.2, -0.15) is 0 Å². The molecule has 28 heavy (non-hydrogen) atoms. The van der Waals surface area contributed by atoms with Crippen LogP contribution in [0.3, 0.4) is 0 Å². The van der Waals surface area contributed by atoms with Gasteiger partial charge in [0.1, 0.15) is 18.2 Å². The Balaban J connectivity index is 1.84. The molecule has 0 saturated heterocycles. The van der Waals surface area contributed by atoms with E-state index in [2.05, 4.69) is 4.98 Å². The van der Waals surface area contributed by atoms with Crippen LogP contribution in [0.1, 0.15) is 18.1 Å². The molecule has 1 aromatic heterocycles. The minimum absolute atomic E-state index is 0.144. The molecule has 144 valence electrons. The molecule has 1 heterocycles. The first-order chi connectivity index (χ1) is 13.6. The summed E-state index contributed by atoms with van der Waals surface area (Å²) in [6.45, 7) is 2.69. The number of primary amides is 1. The average molecular weight is 380 g/mol. The number of carbonyl (C=O) groups is 1.